The van der Waals surface area contributed by atoms with E-state index in [0.717, 1.165) is 5.56 Å². The van der Waals surface area contributed by atoms with E-state index in [2.05, 4.69) is 5.32 Å². The van der Waals surface area contributed by atoms with E-state index in [1.165, 1.54) is 7.11 Å². The van der Waals surface area contributed by atoms with Crippen LogP contribution >= 0.6 is 11.6 Å². The molecular weight excluding hydrogens is 318 g/mol. The molecule has 0 radical (unpaired) electrons. The number of rotatable bonds is 5. The molecule has 5 nitrogen and oxygen atoms in total. The number of esters is 1. The molecule has 23 heavy (non-hydrogen) atoms. The summed E-state index contributed by atoms with van der Waals surface area (Å²) in [7, 11) is 1.48. The lowest BCUT2D eigenvalue weighted by atomic mass is 10.1. The maximum atomic E-state index is 12.0. The Labute approximate surface area is 139 Å². The van der Waals surface area contributed by atoms with Gasteiger partial charge in [0.1, 0.15) is 5.75 Å². The van der Waals surface area contributed by atoms with Crippen LogP contribution in [0.3, 0.4) is 0 Å². The van der Waals surface area contributed by atoms with Gasteiger partial charge in [-0.05, 0) is 36.8 Å². The van der Waals surface area contributed by atoms with Crippen LogP contribution in [0, 0.1) is 6.92 Å². The molecule has 6 heteroatoms. The molecule has 0 spiro atoms. The Bertz CT molecular complexity index is 730. The van der Waals surface area contributed by atoms with Crippen LogP contribution < -0.4 is 10.1 Å². The number of methoxy groups -OCH3 is 1. The maximum Gasteiger partial charge on any atom is 0.338 e. The lowest BCUT2D eigenvalue weighted by Crippen LogP contribution is -2.21. The summed E-state index contributed by atoms with van der Waals surface area (Å²) in [5.74, 6) is -0.559. The number of amides is 1. The van der Waals surface area contributed by atoms with Crippen molar-refractivity contribution in [1.29, 1.82) is 0 Å². The number of anilines is 1. The van der Waals surface area contributed by atoms with Crippen molar-refractivity contribution in [2.75, 3.05) is 19.0 Å². The van der Waals surface area contributed by atoms with Crippen LogP contribution in [0.25, 0.3) is 0 Å². The van der Waals surface area contributed by atoms with Crippen molar-refractivity contribution >= 4 is 29.2 Å². The van der Waals surface area contributed by atoms with Crippen LogP contribution in [0.5, 0.6) is 5.75 Å². The molecule has 0 unspecified atom stereocenters. The van der Waals surface area contributed by atoms with Crippen molar-refractivity contribution in [3.8, 4) is 5.75 Å². The predicted octanol–water partition coefficient (Wildman–Crippen LogP) is 3.45. The van der Waals surface area contributed by atoms with Crippen LogP contribution in [0.2, 0.25) is 5.02 Å². The van der Waals surface area contributed by atoms with Gasteiger partial charge in [-0.25, -0.2) is 4.79 Å². The van der Waals surface area contributed by atoms with E-state index in [-0.39, 0.29) is 0 Å². The van der Waals surface area contributed by atoms with Gasteiger partial charge < -0.3 is 14.8 Å². The molecule has 120 valence electrons. The normalized spacial score (nSPS) is 10.0. The first-order valence-corrected chi connectivity index (χ1v) is 7.25. The highest BCUT2D eigenvalue weighted by molar-refractivity contribution is 6.31. The molecule has 0 aliphatic carbocycles. The van der Waals surface area contributed by atoms with E-state index in [0.29, 0.717) is 22.0 Å². The molecule has 0 bridgehead atoms. The van der Waals surface area contributed by atoms with E-state index in [9.17, 15) is 9.59 Å². The molecule has 2 aromatic rings. The number of ether oxygens (including phenoxy) is 2. The van der Waals surface area contributed by atoms with Gasteiger partial charge in [0.2, 0.25) is 0 Å². The molecule has 1 amide bonds. The zero-order valence-corrected chi connectivity index (χ0v) is 13.5. The fourth-order valence-corrected chi connectivity index (χ4v) is 2.15. The van der Waals surface area contributed by atoms with Gasteiger partial charge in [-0.3, -0.25) is 4.79 Å². The number of hydrogen-bond acceptors (Lipinski definition) is 4. The number of halogens is 1. The first kappa shape index (κ1) is 16.8. The number of nitrogens with one attached hydrogen (secondary N) is 1. The van der Waals surface area contributed by atoms with Gasteiger partial charge in [-0.15, -0.1) is 0 Å². The second-order valence-corrected chi connectivity index (χ2v) is 5.22. The van der Waals surface area contributed by atoms with E-state index >= 15 is 0 Å². The van der Waals surface area contributed by atoms with Crippen molar-refractivity contribution in [3.63, 3.8) is 0 Å². The molecule has 0 saturated heterocycles. The summed E-state index contributed by atoms with van der Waals surface area (Å²) in [5.41, 5.74) is 1.63. The third kappa shape index (κ3) is 4.47. The highest BCUT2D eigenvalue weighted by atomic mass is 35.5. The second-order valence-electron chi connectivity index (χ2n) is 4.78. The minimum atomic E-state index is -0.545. The average Bonchev–Trinajstić information content (AvgIpc) is 2.53. The molecule has 0 saturated carbocycles. The van der Waals surface area contributed by atoms with Gasteiger partial charge in [0, 0.05) is 5.02 Å². The van der Waals surface area contributed by atoms with Crippen LogP contribution in [-0.2, 0) is 9.53 Å². The average molecular weight is 334 g/mol. The second kappa shape index (κ2) is 7.65. The summed E-state index contributed by atoms with van der Waals surface area (Å²) in [4.78, 5) is 23.9. The molecule has 0 fully saturated rings. The standard InChI is InChI=1S/C17H16ClNO4/c1-11-5-3-4-6-13(11)17(21)23-10-16(20)19-14-9-12(18)7-8-15(14)22-2/h3-9H,10H2,1-2H3,(H,19,20). The molecule has 0 atom stereocenters. The molecule has 1 N–H and O–H groups in total. The Kier molecular flexibility index (Phi) is 5.60. The Balaban J connectivity index is 1.97. The molecular formula is C17H16ClNO4. The van der Waals surface area contributed by atoms with Crippen molar-refractivity contribution in [1.82, 2.24) is 0 Å². The molecule has 0 aromatic heterocycles. The first-order chi connectivity index (χ1) is 11.0. The zero-order valence-electron chi connectivity index (χ0n) is 12.8. The predicted molar refractivity (Wildman–Crippen MR) is 88.1 cm³/mol. The lowest BCUT2D eigenvalue weighted by molar-refractivity contribution is -0.119. The van der Waals surface area contributed by atoms with Crippen LogP contribution in [0.15, 0.2) is 42.5 Å². The summed E-state index contributed by atoms with van der Waals surface area (Å²) in [6, 6.07) is 11.8. The number of aryl methyl sites for hydroxylation is 1. The Morgan fingerprint density at radius 1 is 1.17 bits per heavy atom. The van der Waals surface area contributed by atoms with Crippen molar-refractivity contribution in [2.45, 2.75) is 6.92 Å². The monoisotopic (exact) mass is 333 g/mol. The third-order valence-electron chi connectivity index (χ3n) is 3.13. The maximum absolute atomic E-state index is 12.0. The Hall–Kier alpha value is -2.53. The smallest absolute Gasteiger partial charge is 0.338 e. The van der Waals surface area contributed by atoms with Gasteiger partial charge in [0.05, 0.1) is 18.4 Å². The minimum Gasteiger partial charge on any atom is -0.495 e. The number of carbonyl (C=O) groups excluding carboxylic acids is 2. The fourth-order valence-electron chi connectivity index (χ4n) is 1.97. The van der Waals surface area contributed by atoms with Gasteiger partial charge >= 0.3 is 5.97 Å². The number of benzene rings is 2. The topological polar surface area (TPSA) is 64.6 Å². The highest BCUT2D eigenvalue weighted by Gasteiger charge is 2.13. The van der Waals surface area contributed by atoms with Crippen LogP contribution in [0.4, 0.5) is 5.69 Å². The highest BCUT2D eigenvalue weighted by Crippen LogP contribution is 2.27. The first-order valence-electron chi connectivity index (χ1n) is 6.87. The SMILES string of the molecule is COc1ccc(Cl)cc1NC(=O)COC(=O)c1ccccc1C. The van der Waals surface area contributed by atoms with E-state index in [1.807, 2.05) is 6.07 Å². The number of hydrogen-bond donors (Lipinski definition) is 1. The Morgan fingerprint density at radius 3 is 2.61 bits per heavy atom. The van der Waals surface area contributed by atoms with Crippen LogP contribution in [0.1, 0.15) is 15.9 Å². The molecule has 0 aliphatic heterocycles. The molecule has 0 heterocycles. The quantitative estimate of drug-likeness (QED) is 0.851. The van der Waals surface area contributed by atoms with E-state index in [1.54, 1.807) is 43.3 Å². The summed E-state index contributed by atoms with van der Waals surface area (Å²) in [5, 5.41) is 3.05. The Morgan fingerprint density at radius 2 is 1.91 bits per heavy atom. The van der Waals surface area contributed by atoms with E-state index in [4.69, 9.17) is 21.1 Å². The summed E-state index contributed by atoms with van der Waals surface area (Å²) >= 11 is 5.89. The fraction of sp³-hybridized carbons (Fsp3) is 0.176. The minimum absolute atomic E-state index is 0.400. The summed E-state index contributed by atoms with van der Waals surface area (Å²) in [6.45, 7) is 1.40. The lowest BCUT2D eigenvalue weighted by Gasteiger charge is -2.11. The van der Waals surface area contributed by atoms with Gasteiger partial charge in [-0.2, -0.15) is 0 Å². The number of carbonyl (C=O) groups is 2. The van der Waals surface area contributed by atoms with Crippen molar-refractivity contribution < 1.29 is 19.1 Å². The van der Waals surface area contributed by atoms with Crippen molar-refractivity contribution in [3.05, 3.63) is 58.6 Å². The summed E-state index contributed by atoms with van der Waals surface area (Å²) in [6.07, 6.45) is 0. The summed E-state index contributed by atoms with van der Waals surface area (Å²) < 4.78 is 10.2. The van der Waals surface area contributed by atoms with Crippen LogP contribution in [-0.4, -0.2) is 25.6 Å². The van der Waals surface area contributed by atoms with Crippen molar-refractivity contribution in [2.24, 2.45) is 0 Å². The molecule has 0 aliphatic rings. The third-order valence-corrected chi connectivity index (χ3v) is 3.37. The molecule has 2 aromatic carbocycles. The molecule has 2 rings (SSSR count). The van der Waals surface area contributed by atoms with E-state index < -0.39 is 18.5 Å². The largest absolute Gasteiger partial charge is 0.495 e. The van der Waals surface area contributed by atoms with Gasteiger partial charge in [0.15, 0.2) is 6.61 Å². The van der Waals surface area contributed by atoms with Gasteiger partial charge in [0.25, 0.3) is 5.91 Å². The zero-order chi connectivity index (χ0) is 16.8. The van der Waals surface area contributed by atoms with Gasteiger partial charge in [-0.1, -0.05) is 29.8 Å².